The van der Waals surface area contributed by atoms with Crippen LogP contribution in [0.4, 0.5) is 0 Å². The molecule has 2 aromatic rings. The molecule has 2 rings (SSSR count). The van der Waals surface area contributed by atoms with Crippen molar-refractivity contribution in [1.82, 2.24) is 0 Å². The molecule has 0 amide bonds. The number of carbonyl (C=O) groups excluding carboxylic acids is 1. The summed E-state index contributed by atoms with van der Waals surface area (Å²) in [6.07, 6.45) is 10.9. The maximum absolute atomic E-state index is 12.4. The first kappa shape index (κ1) is 20.0. The molecular weight excluding hydrogens is 320 g/mol. The Morgan fingerprint density at radius 2 is 1.58 bits per heavy atom. The molecule has 0 saturated heterocycles. The van der Waals surface area contributed by atoms with Crippen LogP contribution in [0.2, 0.25) is 0 Å². The predicted molar refractivity (Wildman–Crippen MR) is 110 cm³/mol. The Morgan fingerprint density at radius 3 is 2.19 bits per heavy atom. The Kier molecular flexibility index (Phi) is 7.65. The van der Waals surface area contributed by atoms with Crippen molar-refractivity contribution in [2.45, 2.75) is 59.3 Å². The zero-order chi connectivity index (χ0) is 18.9. The molecule has 0 radical (unpaired) electrons. The van der Waals surface area contributed by atoms with E-state index in [4.69, 9.17) is 0 Å². The van der Waals surface area contributed by atoms with E-state index in [1.807, 2.05) is 44.2 Å². The number of phenolic OH excluding ortho intramolecular Hbond substituents is 1. The molecule has 0 aliphatic rings. The molecular formula is C24H30O2. The van der Waals surface area contributed by atoms with Crippen LogP contribution in [-0.2, 0) is 6.42 Å². The Bertz CT molecular complexity index is 731. The molecule has 2 heteroatoms. The minimum atomic E-state index is 0.00266. The Hall–Kier alpha value is -2.35. The zero-order valence-electron chi connectivity index (χ0n) is 16.2. The second-order valence-corrected chi connectivity index (χ2v) is 7.06. The smallest absolute Gasteiger partial charge is 0.185 e. The third-order valence-electron chi connectivity index (χ3n) is 4.75. The highest BCUT2D eigenvalue weighted by Gasteiger charge is 2.04. The Morgan fingerprint density at radius 1 is 0.962 bits per heavy atom. The van der Waals surface area contributed by atoms with Crippen LogP contribution in [0.15, 0.2) is 42.5 Å². The third kappa shape index (κ3) is 5.87. The Balaban J connectivity index is 1.93. The molecule has 0 atom stereocenters. The number of ketones is 1. The van der Waals surface area contributed by atoms with E-state index in [9.17, 15) is 9.90 Å². The number of hydrogen-bond acceptors (Lipinski definition) is 2. The van der Waals surface area contributed by atoms with Crippen LogP contribution in [0.3, 0.4) is 0 Å². The third-order valence-corrected chi connectivity index (χ3v) is 4.75. The summed E-state index contributed by atoms with van der Waals surface area (Å²) >= 11 is 0. The van der Waals surface area contributed by atoms with Crippen molar-refractivity contribution < 1.29 is 9.90 Å². The van der Waals surface area contributed by atoms with Gasteiger partial charge in [0.25, 0.3) is 0 Å². The van der Waals surface area contributed by atoms with Crippen molar-refractivity contribution in [2.75, 3.05) is 0 Å². The van der Waals surface area contributed by atoms with Gasteiger partial charge in [-0.05, 0) is 67.2 Å². The van der Waals surface area contributed by atoms with Gasteiger partial charge in [0.1, 0.15) is 5.75 Å². The molecule has 0 aromatic heterocycles. The molecule has 0 saturated carbocycles. The maximum atomic E-state index is 12.4. The number of phenols is 1. The van der Waals surface area contributed by atoms with Gasteiger partial charge in [0, 0.05) is 5.56 Å². The standard InChI is InChI=1S/C24H30O2/c1-4-5-6-7-8-9-20-10-13-22(14-11-20)23(25)15-12-21-16-18(2)24(26)19(3)17-21/h10-17,26H,4-9H2,1-3H3. The summed E-state index contributed by atoms with van der Waals surface area (Å²) < 4.78 is 0. The van der Waals surface area contributed by atoms with E-state index in [-0.39, 0.29) is 5.78 Å². The van der Waals surface area contributed by atoms with E-state index in [0.29, 0.717) is 11.3 Å². The van der Waals surface area contributed by atoms with Crippen molar-refractivity contribution >= 4 is 11.9 Å². The quantitative estimate of drug-likeness (QED) is 0.322. The lowest BCUT2D eigenvalue weighted by atomic mass is 10.0. The SMILES string of the molecule is CCCCCCCc1ccc(C(=O)C=Cc2cc(C)c(O)c(C)c2)cc1. The molecule has 0 spiro atoms. The average Bonchev–Trinajstić information content (AvgIpc) is 2.64. The number of aryl methyl sites for hydroxylation is 3. The summed E-state index contributed by atoms with van der Waals surface area (Å²) in [7, 11) is 0. The van der Waals surface area contributed by atoms with Gasteiger partial charge in [0.2, 0.25) is 0 Å². The molecule has 0 unspecified atom stereocenters. The van der Waals surface area contributed by atoms with Crippen LogP contribution in [0.25, 0.3) is 6.08 Å². The van der Waals surface area contributed by atoms with Gasteiger partial charge in [-0.25, -0.2) is 0 Å². The fraction of sp³-hybridized carbons (Fsp3) is 0.375. The van der Waals surface area contributed by atoms with Crippen molar-refractivity contribution in [2.24, 2.45) is 0 Å². The van der Waals surface area contributed by atoms with Gasteiger partial charge in [-0.2, -0.15) is 0 Å². The number of allylic oxidation sites excluding steroid dienone is 1. The molecule has 0 heterocycles. The van der Waals surface area contributed by atoms with Gasteiger partial charge in [0.15, 0.2) is 5.78 Å². The highest BCUT2D eigenvalue weighted by Crippen LogP contribution is 2.23. The second kappa shape index (κ2) is 9.96. The van der Waals surface area contributed by atoms with E-state index in [1.165, 1.54) is 37.7 Å². The molecule has 26 heavy (non-hydrogen) atoms. The summed E-state index contributed by atoms with van der Waals surface area (Å²) in [5, 5.41) is 9.83. The van der Waals surface area contributed by atoms with Gasteiger partial charge in [-0.15, -0.1) is 0 Å². The number of benzene rings is 2. The van der Waals surface area contributed by atoms with E-state index in [0.717, 1.165) is 23.1 Å². The molecule has 1 N–H and O–H groups in total. The molecule has 0 bridgehead atoms. The van der Waals surface area contributed by atoms with Crippen molar-refractivity contribution in [3.8, 4) is 5.75 Å². The van der Waals surface area contributed by atoms with E-state index < -0.39 is 0 Å². The first-order chi connectivity index (χ1) is 12.5. The summed E-state index contributed by atoms with van der Waals surface area (Å²) in [5.41, 5.74) is 4.57. The lowest BCUT2D eigenvalue weighted by Gasteiger charge is -2.05. The molecule has 0 aliphatic heterocycles. The van der Waals surface area contributed by atoms with E-state index >= 15 is 0 Å². The molecule has 2 aromatic carbocycles. The monoisotopic (exact) mass is 350 g/mol. The number of carbonyl (C=O) groups is 1. The Labute approximate surface area is 157 Å². The van der Waals surface area contributed by atoms with Crippen LogP contribution in [-0.4, -0.2) is 10.9 Å². The average molecular weight is 351 g/mol. The lowest BCUT2D eigenvalue weighted by Crippen LogP contribution is -1.95. The number of rotatable bonds is 9. The zero-order valence-corrected chi connectivity index (χ0v) is 16.2. The molecule has 2 nitrogen and oxygen atoms in total. The number of unbranched alkanes of at least 4 members (excludes halogenated alkanes) is 4. The highest BCUT2D eigenvalue weighted by molar-refractivity contribution is 6.06. The van der Waals surface area contributed by atoms with Gasteiger partial charge in [-0.3, -0.25) is 4.79 Å². The first-order valence-electron chi connectivity index (χ1n) is 9.63. The van der Waals surface area contributed by atoms with Crippen molar-refractivity contribution in [1.29, 1.82) is 0 Å². The predicted octanol–water partition coefficient (Wildman–Crippen LogP) is 6.42. The molecule has 138 valence electrons. The van der Waals surface area contributed by atoms with Crippen LogP contribution >= 0.6 is 0 Å². The van der Waals surface area contributed by atoms with Crippen LogP contribution in [0, 0.1) is 13.8 Å². The summed E-state index contributed by atoms with van der Waals surface area (Å²) in [4.78, 5) is 12.4. The normalized spacial score (nSPS) is 11.2. The second-order valence-electron chi connectivity index (χ2n) is 7.06. The van der Waals surface area contributed by atoms with E-state index in [2.05, 4.69) is 19.1 Å². The largest absolute Gasteiger partial charge is 0.507 e. The molecule has 0 aliphatic carbocycles. The summed E-state index contributed by atoms with van der Waals surface area (Å²) in [5.74, 6) is 0.321. The van der Waals surface area contributed by atoms with Gasteiger partial charge < -0.3 is 5.11 Å². The van der Waals surface area contributed by atoms with E-state index in [1.54, 1.807) is 6.08 Å². The minimum Gasteiger partial charge on any atom is -0.507 e. The van der Waals surface area contributed by atoms with Crippen LogP contribution < -0.4 is 0 Å². The first-order valence-corrected chi connectivity index (χ1v) is 9.63. The van der Waals surface area contributed by atoms with Crippen LogP contribution in [0.5, 0.6) is 5.75 Å². The lowest BCUT2D eigenvalue weighted by molar-refractivity contribution is 0.104. The fourth-order valence-electron chi connectivity index (χ4n) is 3.12. The fourth-order valence-corrected chi connectivity index (χ4v) is 3.12. The van der Waals surface area contributed by atoms with Crippen molar-refractivity contribution in [3.05, 3.63) is 70.3 Å². The minimum absolute atomic E-state index is 0.00266. The van der Waals surface area contributed by atoms with Gasteiger partial charge >= 0.3 is 0 Å². The summed E-state index contributed by atoms with van der Waals surface area (Å²) in [6, 6.07) is 11.7. The van der Waals surface area contributed by atoms with Crippen molar-refractivity contribution in [3.63, 3.8) is 0 Å². The van der Waals surface area contributed by atoms with Gasteiger partial charge in [-0.1, -0.05) is 62.9 Å². The number of aromatic hydroxyl groups is 1. The summed E-state index contributed by atoms with van der Waals surface area (Å²) in [6.45, 7) is 5.96. The number of hydrogen-bond donors (Lipinski definition) is 1. The van der Waals surface area contributed by atoms with Gasteiger partial charge in [0.05, 0.1) is 0 Å². The molecule has 0 fully saturated rings. The maximum Gasteiger partial charge on any atom is 0.185 e. The highest BCUT2D eigenvalue weighted by atomic mass is 16.3. The van der Waals surface area contributed by atoms with Crippen LogP contribution in [0.1, 0.15) is 71.6 Å². The topological polar surface area (TPSA) is 37.3 Å².